The van der Waals surface area contributed by atoms with Gasteiger partial charge < -0.3 is 27.3 Å². The highest BCUT2D eigenvalue weighted by atomic mass is 79.9. The molecule has 4 heterocycles. The molecule has 0 bridgehead atoms. The number of rotatable bonds is 9. The SMILES string of the molecule is Brc1cccc(-c2c3oc4ccccc4c3cc3c2oc2ccccc23)c1.O[B]Oc1c2ccccc2c(-c2cccc(-c3cccc4ccccc34)c2)c2ccccc12.c1cc(-c2cccc3ccccc23)cc(-c2c3ccccc3c(-c3cccc(-c4c5oc6ccccc6c5cc5c4oc4ccccc45)c3)c3ccccc23)c1. The summed E-state index contributed by atoms with van der Waals surface area (Å²) < 4.78 is 32.6. The van der Waals surface area contributed by atoms with Crippen LogP contribution in [0.4, 0.5) is 0 Å². The molecule has 24 rings (SSSR count). The molecule has 0 saturated heterocycles. The topological polar surface area (TPSA) is 82.0 Å². The Labute approximate surface area is 675 Å². The molecule has 0 atom stereocenters. The highest BCUT2D eigenvalue weighted by Gasteiger charge is 2.26. The molecule has 543 valence electrons. The van der Waals surface area contributed by atoms with E-state index in [1.54, 1.807) is 0 Å². The summed E-state index contributed by atoms with van der Waals surface area (Å²) in [6, 6.07) is 137. The lowest BCUT2D eigenvalue weighted by molar-refractivity contribution is 0.459. The zero-order chi connectivity index (χ0) is 76.9. The summed E-state index contributed by atoms with van der Waals surface area (Å²) >= 11 is 3.60. The zero-order valence-corrected chi connectivity index (χ0v) is 64.0. The van der Waals surface area contributed by atoms with Gasteiger partial charge in [0, 0.05) is 58.3 Å². The Morgan fingerprint density at radius 2 is 0.457 bits per heavy atom. The maximum atomic E-state index is 9.43. The Hall–Kier alpha value is -14.5. The third kappa shape index (κ3) is 11.4. The van der Waals surface area contributed by atoms with E-state index in [2.05, 4.69) is 295 Å². The van der Waals surface area contributed by atoms with E-state index in [0.717, 1.165) is 160 Å². The fourth-order valence-electron chi connectivity index (χ4n) is 18.0. The molecule has 4 aromatic heterocycles. The second-order valence-electron chi connectivity index (χ2n) is 29.6. The van der Waals surface area contributed by atoms with Gasteiger partial charge in [0.05, 0.1) is 11.1 Å². The van der Waals surface area contributed by atoms with Crippen LogP contribution in [-0.2, 0) is 0 Å². The van der Waals surface area contributed by atoms with Gasteiger partial charge in [0.1, 0.15) is 50.4 Å². The van der Waals surface area contributed by atoms with E-state index in [0.29, 0.717) is 5.75 Å². The summed E-state index contributed by atoms with van der Waals surface area (Å²) in [6.07, 6.45) is 0. The summed E-state index contributed by atoms with van der Waals surface area (Å²) in [5, 5.41) is 32.2. The van der Waals surface area contributed by atoms with Crippen molar-refractivity contribution >= 4 is 176 Å². The second kappa shape index (κ2) is 28.3. The normalized spacial score (nSPS) is 11.7. The van der Waals surface area contributed by atoms with E-state index in [1.807, 2.05) is 109 Å². The molecule has 0 fully saturated rings. The fraction of sp³-hybridized carbons (Fsp3) is 0. The number of halogens is 1. The van der Waals surface area contributed by atoms with Crippen LogP contribution in [0.3, 0.4) is 0 Å². The van der Waals surface area contributed by atoms with Gasteiger partial charge in [-0.1, -0.05) is 337 Å². The minimum absolute atomic E-state index is 0.664. The lowest BCUT2D eigenvalue weighted by Gasteiger charge is -2.19. The first-order chi connectivity index (χ1) is 57.4. The van der Waals surface area contributed by atoms with Crippen molar-refractivity contribution < 1.29 is 27.3 Å². The van der Waals surface area contributed by atoms with E-state index < -0.39 is 0 Å². The zero-order valence-electron chi connectivity index (χ0n) is 62.4. The number of furan rings is 4. The quantitative estimate of drug-likeness (QED) is 0.115. The van der Waals surface area contributed by atoms with E-state index in [4.69, 9.17) is 22.3 Å². The third-order valence-electron chi connectivity index (χ3n) is 23.1. The van der Waals surface area contributed by atoms with Crippen molar-refractivity contribution in [2.75, 3.05) is 0 Å². The van der Waals surface area contributed by atoms with Gasteiger partial charge in [-0.3, -0.25) is 0 Å². The lowest BCUT2D eigenvalue weighted by Crippen LogP contribution is -2.02. The Morgan fingerprint density at radius 3 is 0.802 bits per heavy atom. The van der Waals surface area contributed by atoms with Crippen molar-refractivity contribution in [1.82, 2.24) is 0 Å². The van der Waals surface area contributed by atoms with Crippen molar-refractivity contribution in [3.8, 4) is 83.6 Å². The third-order valence-corrected chi connectivity index (χ3v) is 23.6. The minimum Gasteiger partial charge on any atom is -0.537 e. The smallest absolute Gasteiger partial charge is 0.537 e. The number of hydrogen-bond acceptors (Lipinski definition) is 6. The first-order valence-corrected chi connectivity index (χ1v) is 39.8. The molecule has 0 spiro atoms. The summed E-state index contributed by atoms with van der Waals surface area (Å²) in [7, 11) is 0.759. The summed E-state index contributed by atoms with van der Waals surface area (Å²) in [5.41, 5.74) is 23.0. The van der Waals surface area contributed by atoms with Crippen LogP contribution in [0.15, 0.2) is 410 Å². The van der Waals surface area contributed by atoms with Crippen LogP contribution in [0.2, 0.25) is 0 Å². The van der Waals surface area contributed by atoms with Crippen molar-refractivity contribution in [3.63, 3.8) is 0 Å². The molecule has 116 heavy (non-hydrogen) atoms. The molecule has 0 unspecified atom stereocenters. The van der Waals surface area contributed by atoms with Crippen molar-refractivity contribution in [2.24, 2.45) is 0 Å². The molecule has 0 aliphatic carbocycles. The molecule has 6 nitrogen and oxygen atoms in total. The molecule has 1 N–H and O–H groups in total. The van der Waals surface area contributed by atoms with Crippen molar-refractivity contribution in [3.05, 3.63) is 393 Å². The fourth-order valence-corrected chi connectivity index (χ4v) is 18.4. The van der Waals surface area contributed by atoms with Crippen LogP contribution < -0.4 is 4.65 Å². The van der Waals surface area contributed by atoms with Crippen molar-refractivity contribution in [1.29, 1.82) is 0 Å². The van der Waals surface area contributed by atoms with Gasteiger partial charge in [-0.25, -0.2) is 0 Å². The molecule has 0 amide bonds. The highest BCUT2D eigenvalue weighted by molar-refractivity contribution is 9.10. The molecular formula is C108H65BBrO6. The van der Waals surface area contributed by atoms with Crippen molar-refractivity contribution in [2.45, 2.75) is 0 Å². The monoisotopic (exact) mass is 1550 g/mol. The molecular weight excluding hydrogens is 1480 g/mol. The Balaban J connectivity index is 0.000000115. The Morgan fingerprint density at radius 1 is 0.207 bits per heavy atom. The molecule has 0 aliphatic heterocycles. The number of fused-ring (bicyclic) bond motifs is 18. The van der Waals surface area contributed by atoms with Gasteiger partial charge >= 0.3 is 7.69 Å². The number of para-hydroxylation sites is 4. The Kier molecular flexibility index (Phi) is 16.6. The van der Waals surface area contributed by atoms with Gasteiger partial charge in [0.15, 0.2) is 0 Å². The molecule has 0 aliphatic rings. The maximum absolute atomic E-state index is 9.43. The first kappa shape index (κ1) is 68.3. The lowest BCUT2D eigenvalue weighted by atomic mass is 9.84. The average Bonchev–Trinajstić information content (AvgIpc) is 1.60. The van der Waals surface area contributed by atoms with E-state index in [1.165, 1.54) is 82.0 Å². The van der Waals surface area contributed by atoms with Crippen LogP contribution in [0, 0.1) is 0 Å². The predicted molar refractivity (Wildman–Crippen MR) is 488 cm³/mol. The van der Waals surface area contributed by atoms with Crippen LogP contribution in [0.25, 0.3) is 230 Å². The molecule has 1 radical (unpaired) electrons. The van der Waals surface area contributed by atoms with Crippen LogP contribution in [-0.4, -0.2) is 12.7 Å². The first-order valence-electron chi connectivity index (χ1n) is 39.0. The molecule has 24 aromatic rings. The van der Waals surface area contributed by atoms with E-state index in [9.17, 15) is 5.02 Å². The predicted octanol–water partition coefficient (Wildman–Crippen LogP) is 30.9. The highest BCUT2D eigenvalue weighted by Crippen LogP contribution is 2.51. The molecule has 8 heteroatoms. The summed E-state index contributed by atoms with van der Waals surface area (Å²) in [4.78, 5) is 0. The van der Waals surface area contributed by atoms with Gasteiger partial charge in [-0.2, -0.15) is 0 Å². The minimum atomic E-state index is 0.664. The molecule has 20 aromatic carbocycles. The number of hydrogen-bond donors (Lipinski definition) is 1. The average molecular weight is 1550 g/mol. The Bertz CT molecular complexity index is 7800. The molecule has 0 saturated carbocycles. The number of benzene rings is 20. The van der Waals surface area contributed by atoms with Gasteiger partial charge in [0.2, 0.25) is 0 Å². The van der Waals surface area contributed by atoms with Gasteiger partial charge in [0.25, 0.3) is 0 Å². The maximum Gasteiger partial charge on any atom is 0.569 e. The summed E-state index contributed by atoms with van der Waals surface area (Å²) in [6.45, 7) is 0. The second-order valence-corrected chi connectivity index (χ2v) is 30.5. The van der Waals surface area contributed by atoms with Gasteiger partial charge in [-0.15, -0.1) is 0 Å². The largest absolute Gasteiger partial charge is 0.569 e. The van der Waals surface area contributed by atoms with Crippen LogP contribution in [0.5, 0.6) is 5.75 Å². The van der Waals surface area contributed by atoms with Crippen LogP contribution >= 0.6 is 15.9 Å². The van der Waals surface area contributed by atoms with Crippen LogP contribution in [0.1, 0.15) is 0 Å². The van der Waals surface area contributed by atoms with E-state index >= 15 is 0 Å². The summed E-state index contributed by atoms with van der Waals surface area (Å²) in [5.74, 6) is 0.664. The standard InChI is InChI=1S/C54H32O2.C30H20BO2.C24H13BrO2/c1-2-20-38-33(14-1)15-13-27-39(38)34-16-11-17-35(30-34)50-42-23-3-5-25-44(42)51(45-26-6-4-24-43(45)50)36-18-12-19-37(31-36)52-53-46(40-21-7-9-28-48(40)55-53)32-47-41-22-8-10-29-49(41)56-54(47)52;32-31-33-30-27-16-5-3-14-25(27)29(26-15-4-6-17-28(26)30)22-12-7-11-21(19-22)24-18-8-10-20-9-1-2-13-23(20)24;25-15-7-5-6-14(12-15)22-23-18(16-8-1-3-10-20(16)26-23)13-19-17-9-2-4-11-21(17)27-24(19)22/h1-32H;1-19,32H;1-13H. The van der Waals surface area contributed by atoms with Gasteiger partial charge in [-0.05, 0) is 187 Å². The van der Waals surface area contributed by atoms with E-state index in [-0.39, 0.29) is 0 Å².